The molecule has 1 unspecified atom stereocenters. The number of rotatable bonds is 4. The lowest BCUT2D eigenvalue weighted by Gasteiger charge is -2.27. The molecule has 1 aromatic heterocycles. The Balaban J connectivity index is 2.63. The van der Waals surface area contributed by atoms with Crippen LogP contribution in [0.2, 0.25) is 0 Å². The molecule has 1 aromatic rings. The molecule has 80 valence electrons. The van der Waals surface area contributed by atoms with E-state index in [1.165, 1.54) is 0 Å². The minimum absolute atomic E-state index is 0.115. The first-order chi connectivity index (χ1) is 6.44. The summed E-state index contributed by atoms with van der Waals surface area (Å²) in [6.07, 6.45) is 1.80. The predicted octanol–water partition coefficient (Wildman–Crippen LogP) is 2.33. The van der Waals surface area contributed by atoms with E-state index in [4.69, 9.17) is 5.11 Å². The highest BCUT2D eigenvalue weighted by atomic mass is 79.9. The van der Waals surface area contributed by atoms with Crippen LogP contribution in [0.3, 0.4) is 0 Å². The Hall–Kier alpha value is 0.0300. The van der Waals surface area contributed by atoms with Crippen molar-refractivity contribution in [3.63, 3.8) is 0 Å². The summed E-state index contributed by atoms with van der Waals surface area (Å²) < 4.78 is 1.03. The van der Waals surface area contributed by atoms with Gasteiger partial charge in [-0.2, -0.15) is 0 Å². The third-order valence-electron chi connectivity index (χ3n) is 1.87. The van der Waals surface area contributed by atoms with Crippen LogP contribution in [0.5, 0.6) is 0 Å². The molecule has 3 nitrogen and oxygen atoms in total. The van der Waals surface area contributed by atoms with Gasteiger partial charge in [-0.25, -0.2) is 4.98 Å². The second-order valence-electron chi connectivity index (χ2n) is 3.91. The van der Waals surface area contributed by atoms with Crippen molar-refractivity contribution in [2.75, 3.05) is 6.61 Å². The molecule has 2 N–H and O–H groups in total. The van der Waals surface area contributed by atoms with Crippen molar-refractivity contribution >= 4 is 27.3 Å². The number of nitrogens with zero attached hydrogens (tertiary/aromatic N) is 1. The Kier molecular flexibility index (Phi) is 4.06. The highest BCUT2D eigenvalue weighted by Gasteiger charge is 2.20. The van der Waals surface area contributed by atoms with Gasteiger partial charge in [0.05, 0.1) is 22.6 Å². The van der Waals surface area contributed by atoms with Crippen molar-refractivity contribution in [2.24, 2.45) is 0 Å². The number of hydrogen-bond acceptors (Lipinski definition) is 4. The van der Waals surface area contributed by atoms with Crippen LogP contribution in [0, 0.1) is 0 Å². The maximum Gasteiger partial charge on any atom is 0.110 e. The van der Waals surface area contributed by atoms with E-state index in [1.807, 2.05) is 20.8 Å². The number of halogens is 1. The molecule has 0 saturated heterocycles. The van der Waals surface area contributed by atoms with Gasteiger partial charge in [0.1, 0.15) is 5.01 Å². The monoisotopic (exact) mass is 278 g/mol. The fourth-order valence-corrected chi connectivity index (χ4v) is 2.41. The molecule has 0 fully saturated rings. The first-order valence-corrected chi connectivity index (χ1v) is 6.05. The summed E-state index contributed by atoms with van der Waals surface area (Å²) >= 11 is 4.98. The molecule has 0 aliphatic rings. The zero-order valence-corrected chi connectivity index (χ0v) is 10.9. The van der Waals surface area contributed by atoms with Crippen molar-refractivity contribution < 1.29 is 5.11 Å². The third kappa shape index (κ3) is 3.31. The van der Waals surface area contributed by atoms with Gasteiger partial charge in [0, 0.05) is 5.54 Å². The smallest absolute Gasteiger partial charge is 0.110 e. The van der Waals surface area contributed by atoms with Crippen molar-refractivity contribution in [2.45, 2.75) is 32.4 Å². The molecule has 14 heavy (non-hydrogen) atoms. The SMILES string of the molecule is CC(NC(C)(C)CO)c1ncc(Br)s1. The second-order valence-corrected chi connectivity index (χ2v) is 6.35. The lowest BCUT2D eigenvalue weighted by Crippen LogP contribution is -2.43. The van der Waals surface area contributed by atoms with Crippen LogP contribution >= 0.6 is 27.3 Å². The summed E-state index contributed by atoms with van der Waals surface area (Å²) in [6.45, 7) is 6.09. The number of aromatic nitrogens is 1. The average Bonchev–Trinajstić information content (AvgIpc) is 2.51. The van der Waals surface area contributed by atoms with Gasteiger partial charge in [-0.15, -0.1) is 11.3 Å². The zero-order valence-electron chi connectivity index (χ0n) is 8.54. The summed E-state index contributed by atoms with van der Waals surface area (Å²) in [4.78, 5) is 4.26. The van der Waals surface area contributed by atoms with E-state index in [9.17, 15) is 0 Å². The van der Waals surface area contributed by atoms with Crippen LogP contribution < -0.4 is 5.32 Å². The van der Waals surface area contributed by atoms with Gasteiger partial charge >= 0.3 is 0 Å². The minimum Gasteiger partial charge on any atom is -0.394 e. The van der Waals surface area contributed by atoms with Gasteiger partial charge < -0.3 is 10.4 Å². The summed E-state index contributed by atoms with van der Waals surface area (Å²) in [5.74, 6) is 0. The topological polar surface area (TPSA) is 45.1 Å². The van der Waals surface area contributed by atoms with Crippen LogP contribution in [-0.4, -0.2) is 22.2 Å². The summed E-state index contributed by atoms with van der Waals surface area (Å²) in [6, 6.07) is 0.161. The minimum atomic E-state index is -0.266. The Labute approximate surface area is 96.7 Å². The number of thiazole rings is 1. The molecule has 0 radical (unpaired) electrons. The van der Waals surface area contributed by atoms with Crippen molar-refractivity contribution in [1.29, 1.82) is 0 Å². The van der Waals surface area contributed by atoms with Gasteiger partial charge in [0.25, 0.3) is 0 Å². The number of aliphatic hydroxyl groups is 1. The Morgan fingerprint density at radius 1 is 1.71 bits per heavy atom. The van der Waals surface area contributed by atoms with E-state index in [0.717, 1.165) is 8.79 Å². The van der Waals surface area contributed by atoms with Gasteiger partial charge in [-0.3, -0.25) is 0 Å². The molecule has 0 amide bonds. The molecular formula is C9H15BrN2OS. The van der Waals surface area contributed by atoms with Gasteiger partial charge in [0.15, 0.2) is 0 Å². The molecule has 0 aromatic carbocycles. The molecule has 0 saturated carbocycles. The molecule has 0 aliphatic heterocycles. The van der Waals surface area contributed by atoms with Crippen LogP contribution in [-0.2, 0) is 0 Å². The van der Waals surface area contributed by atoms with Gasteiger partial charge in [-0.05, 0) is 36.7 Å². The molecule has 5 heteroatoms. The fraction of sp³-hybridized carbons (Fsp3) is 0.667. The van der Waals surface area contributed by atoms with Gasteiger partial charge in [0.2, 0.25) is 0 Å². The second kappa shape index (κ2) is 4.70. The van der Waals surface area contributed by atoms with E-state index in [2.05, 4.69) is 26.2 Å². The zero-order chi connectivity index (χ0) is 10.8. The van der Waals surface area contributed by atoms with E-state index in [1.54, 1.807) is 17.5 Å². The van der Waals surface area contributed by atoms with E-state index >= 15 is 0 Å². The number of aliphatic hydroxyl groups excluding tert-OH is 1. The van der Waals surface area contributed by atoms with Crippen molar-refractivity contribution in [3.05, 3.63) is 15.0 Å². The van der Waals surface area contributed by atoms with Crippen molar-refractivity contribution in [1.82, 2.24) is 10.3 Å². The van der Waals surface area contributed by atoms with E-state index < -0.39 is 0 Å². The largest absolute Gasteiger partial charge is 0.394 e. The Bertz CT molecular complexity index is 301. The van der Waals surface area contributed by atoms with Crippen LogP contribution in [0.15, 0.2) is 9.98 Å². The maximum absolute atomic E-state index is 9.11. The lowest BCUT2D eigenvalue weighted by molar-refractivity contribution is 0.178. The van der Waals surface area contributed by atoms with E-state index in [0.29, 0.717) is 0 Å². The molecule has 1 atom stereocenters. The molecule has 0 aliphatic carbocycles. The normalized spacial score (nSPS) is 14.4. The molecule has 0 spiro atoms. The summed E-state index contributed by atoms with van der Waals surface area (Å²) in [5, 5.41) is 13.4. The standard InChI is InChI=1S/C9H15BrN2OS/c1-6(12-9(2,3)5-13)8-11-4-7(10)14-8/h4,6,12-13H,5H2,1-3H3. The van der Waals surface area contributed by atoms with Crippen molar-refractivity contribution in [3.8, 4) is 0 Å². The first-order valence-electron chi connectivity index (χ1n) is 4.44. The first kappa shape index (κ1) is 12.1. The average molecular weight is 279 g/mol. The Morgan fingerprint density at radius 3 is 2.79 bits per heavy atom. The summed E-state index contributed by atoms with van der Waals surface area (Å²) in [5.41, 5.74) is -0.266. The number of nitrogens with one attached hydrogen (secondary N) is 1. The van der Waals surface area contributed by atoms with Crippen LogP contribution in [0.25, 0.3) is 0 Å². The summed E-state index contributed by atoms with van der Waals surface area (Å²) in [7, 11) is 0. The fourth-order valence-electron chi connectivity index (χ4n) is 1.16. The molecule has 1 rings (SSSR count). The van der Waals surface area contributed by atoms with Crippen LogP contribution in [0.4, 0.5) is 0 Å². The van der Waals surface area contributed by atoms with Gasteiger partial charge in [-0.1, -0.05) is 0 Å². The maximum atomic E-state index is 9.11. The Morgan fingerprint density at radius 2 is 2.36 bits per heavy atom. The lowest BCUT2D eigenvalue weighted by atomic mass is 10.1. The third-order valence-corrected chi connectivity index (χ3v) is 3.53. The molecule has 0 bridgehead atoms. The highest BCUT2D eigenvalue weighted by molar-refractivity contribution is 9.11. The molecule has 1 heterocycles. The quantitative estimate of drug-likeness (QED) is 0.889. The van der Waals surface area contributed by atoms with E-state index in [-0.39, 0.29) is 18.2 Å². The number of hydrogen-bond donors (Lipinski definition) is 2. The van der Waals surface area contributed by atoms with Crippen LogP contribution in [0.1, 0.15) is 31.8 Å². The molecular weight excluding hydrogens is 264 g/mol. The highest BCUT2D eigenvalue weighted by Crippen LogP contribution is 2.25. The predicted molar refractivity (Wildman–Crippen MR) is 62.5 cm³/mol.